The molecule has 0 bridgehead atoms. The Bertz CT molecular complexity index is 1110. The molecule has 1 aliphatic rings. The Morgan fingerprint density at radius 1 is 0.938 bits per heavy atom. The number of nitrogens with zero attached hydrogens (tertiary/aromatic N) is 1. The van der Waals surface area contributed by atoms with Crippen LogP contribution in [0.2, 0.25) is 0 Å². The van der Waals surface area contributed by atoms with Gasteiger partial charge in [0.05, 0.1) is 6.10 Å². The van der Waals surface area contributed by atoms with Gasteiger partial charge in [0.15, 0.2) is 0 Å². The lowest BCUT2D eigenvalue weighted by atomic mass is 9.93. The predicted octanol–water partition coefficient (Wildman–Crippen LogP) is 5.33. The first-order chi connectivity index (χ1) is 15.4. The van der Waals surface area contributed by atoms with E-state index < -0.39 is 18.1 Å². The lowest BCUT2D eigenvalue weighted by Gasteiger charge is -2.36. The number of hydrogen-bond donors (Lipinski definition) is 2. The van der Waals surface area contributed by atoms with Crippen molar-refractivity contribution in [2.45, 2.75) is 39.0 Å². The molecule has 3 aromatic rings. The minimum atomic E-state index is -0.817. The SMILES string of the molecule is CC(C)OC(=O)Nc1ccc(-c2ccc(N3Cc4ccccc4C[C@@H]3C(=O)O)cc2)cc1. The number of ether oxygens (including phenoxy) is 1. The van der Waals surface area contributed by atoms with Crippen molar-refractivity contribution in [2.24, 2.45) is 0 Å². The number of anilines is 2. The summed E-state index contributed by atoms with van der Waals surface area (Å²) in [5.41, 5.74) is 5.80. The number of aliphatic carboxylic acids is 1. The van der Waals surface area contributed by atoms with Gasteiger partial charge in [-0.25, -0.2) is 9.59 Å². The number of benzene rings is 3. The van der Waals surface area contributed by atoms with Crippen LogP contribution in [0.15, 0.2) is 72.8 Å². The highest BCUT2D eigenvalue weighted by Crippen LogP contribution is 2.31. The number of amides is 1. The van der Waals surface area contributed by atoms with E-state index in [2.05, 4.69) is 11.4 Å². The van der Waals surface area contributed by atoms with Crippen LogP contribution >= 0.6 is 0 Å². The smallest absolute Gasteiger partial charge is 0.411 e. The Labute approximate surface area is 187 Å². The van der Waals surface area contributed by atoms with Crippen LogP contribution in [0.1, 0.15) is 25.0 Å². The van der Waals surface area contributed by atoms with E-state index in [1.165, 1.54) is 0 Å². The van der Waals surface area contributed by atoms with E-state index >= 15 is 0 Å². The Morgan fingerprint density at radius 3 is 2.12 bits per heavy atom. The minimum Gasteiger partial charge on any atom is -0.480 e. The maximum Gasteiger partial charge on any atom is 0.411 e. The molecule has 0 aliphatic carbocycles. The van der Waals surface area contributed by atoms with Crippen molar-refractivity contribution in [3.05, 3.63) is 83.9 Å². The maximum atomic E-state index is 11.9. The second-order valence-electron chi connectivity index (χ2n) is 8.16. The predicted molar refractivity (Wildman–Crippen MR) is 125 cm³/mol. The van der Waals surface area contributed by atoms with Gasteiger partial charge < -0.3 is 14.7 Å². The van der Waals surface area contributed by atoms with Crippen LogP contribution in [0.3, 0.4) is 0 Å². The number of carbonyl (C=O) groups is 2. The Hall–Kier alpha value is -3.80. The number of hydrogen-bond acceptors (Lipinski definition) is 4. The van der Waals surface area contributed by atoms with Crippen molar-refractivity contribution < 1.29 is 19.4 Å². The molecular weight excluding hydrogens is 404 g/mol. The van der Waals surface area contributed by atoms with Gasteiger partial charge in [0.25, 0.3) is 0 Å². The molecule has 1 heterocycles. The molecule has 0 fully saturated rings. The van der Waals surface area contributed by atoms with Crippen molar-refractivity contribution in [3.8, 4) is 11.1 Å². The number of fused-ring (bicyclic) bond motifs is 1. The molecular formula is C26H26N2O4. The molecule has 1 aliphatic heterocycles. The molecule has 0 radical (unpaired) electrons. The van der Waals surface area contributed by atoms with E-state index in [0.717, 1.165) is 27.9 Å². The first kappa shape index (κ1) is 21.4. The zero-order chi connectivity index (χ0) is 22.7. The summed E-state index contributed by atoms with van der Waals surface area (Å²) < 4.78 is 5.09. The molecule has 164 valence electrons. The van der Waals surface area contributed by atoms with Crippen molar-refractivity contribution in [1.82, 2.24) is 0 Å². The van der Waals surface area contributed by atoms with Crippen molar-refractivity contribution in [3.63, 3.8) is 0 Å². The molecule has 0 saturated carbocycles. The summed E-state index contributed by atoms with van der Waals surface area (Å²) in [4.78, 5) is 25.6. The van der Waals surface area contributed by atoms with E-state index in [1.807, 2.05) is 71.6 Å². The third kappa shape index (κ3) is 4.75. The van der Waals surface area contributed by atoms with Gasteiger partial charge in [-0.1, -0.05) is 48.5 Å². The molecule has 0 aromatic heterocycles. The van der Waals surface area contributed by atoms with Crippen molar-refractivity contribution >= 4 is 23.4 Å². The average Bonchev–Trinajstić information content (AvgIpc) is 2.78. The van der Waals surface area contributed by atoms with Gasteiger partial charge in [-0.15, -0.1) is 0 Å². The molecule has 1 atom stereocenters. The topological polar surface area (TPSA) is 78.9 Å². The lowest BCUT2D eigenvalue weighted by Crippen LogP contribution is -2.45. The van der Waals surface area contributed by atoms with Crippen LogP contribution in [0.4, 0.5) is 16.2 Å². The highest BCUT2D eigenvalue weighted by molar-refractivity contribution is 5.85. The minimum absolute atomic E-state index is 0.179. The normalized spacial score (nSPS) is 15.2. The second-order valence-corrected chi connectivity index (χ2v) is 8.16. The van der Waals surface area contributed by atoms with Crippen LogP contribution in [0.5, 0.6) is 0 Å². The van der Waals surface area contributed by atoms with E-state index in [9.17, 15) is 14.7 Å². The number of carboxylic acid groups (broad SMARTS) is 1. The third-order valence-electron chi connectivity index (χ3n) is 5.54. The lowest BCUT2D eigenvalue weighted by molar-refractivity contribution is -0.138. The molecule has 3 aromatic carbocycles. The van der Waals surface area contributed by atoms with Gasteiger partial charge >= 0.3 is 12.1 Å². The van der Waals surface area contributed by atoms with Gasteiger partial charge in [-0.05, 0) is 60.4 Å². The molecule has 32 heavy (non-hydrogen) atoms. The fourth-order valence-corrected chi connectivity index (χ4v) is 3.97. The summed E-state index contributed by atoms with van der Waals surface area (Å²) in [6.45, 7) is 4.17. The van der Waals surface area contributed by atoms with Gasteiger partial charge in [0, 0.05) is 24.3 Å². The molecule has 0 unspecified atom stereocenters. The summed E-state index contributed by atoms with van der Waals surface area (Å²) in [6.07, 6.45) is -0.170. The quantitative estimate of drug-likeness (QED) is 0.572. The summed E-state index contributed by atoms with van der Waals surface area (Å²) in [5.74, 6) is -0.817. The van der Waals surface area contributed by atoms with Crippen molar-refractivity contribution in [1.29, 1.82) is 0 Å². The van der Waals surface area contributed by atoms with Crippen LogP contribution in [-0.2, 0) is 22.5 Å². The number of rotatable bonds is 5. The maximum absolute atomic E-state index is 11.9. The van der Waals surface area contributed by atoms with E-state index in [1.54, 1.807) is 13.8 Å². The number of carbonyl (C=O) groups excluding carboxylic acids is 1. The first-order valence-electron chi connectivity index (χ1n) is 10.6. The van der Waals surface area contributed by atoms with E-state index in [0.29, 0.717) is 18.7 Å². The monoisotopic (exact) mass is 430 g/mol. The third-order valence-corrected chi connectivity index (χ3v) is 5.54. The molecule has 6 nitrogen and oxygen atoms in total. The Kier molecular flexibility index (Phi) is 6.12. The Morgan fingerprint density at radius 2 is 1.53 bits per heavy atom. The zero-order valence-electron chi connectivity index (χ0n) is 18.1. The summed E-state index contributed by atoms with van der Waals surface area (Å²) in [6, 6.07) is 22.8. The summed E-state index contributed by atoms with van der Waals surface area (Å²) >= 11 is 0. The van der Waals surface area contributed by atoms with E-state index in [-0.39, 0.29) is 6.10 Å². The highest BCUT2D eigenvalue weighted by Gasteiger charge is 2.31. The molecule has 6 heteroatoms. The largest absolute Gasteiger partial charge is 0.480 e. The molecule has 0 saturated heterocycles. The second kappa shape index (κ2) is 9.14. The zero-order valence-corrected chi connectivity index (χ0v) is 18.1. The molecule has 0 spiro atoms. The molecule has 4 rings (SSSR count). The fourth-order valence-electron chi connectivity index (χ4n) is 3.97. The standard InChI is InChI=1S/C26H26N2O4/c1-17(2)32-26(31)27-22-11-7-18(8-12-22)19-9-13-23(14-10-19)28-16-21-6-4-3-5-20(21)15-24(28)25(29)30/h3-14,17,24H,15-16H2,1-2H3,(H,27,31)(H,29,30)/t24-/m1/s1. The summed E-state index contributed by atoms with van der Waals surface area (Å²) in [5, 5.41) is 12.5. The van der Waals surface area contributed by atoms with Crippen LogP contribution in [-0.4, -0.2) is 29.3 Å². The van der Waals surface area contributed by atoms with Gasteiger partial charge in [-0.2, -0.15) is 0 Å². The summed E-state index contributed by atoms with van der Waals surface area (Å²) in [7, 11) is 0. The number of carboxylic acids is 1. The number of nitrogens with one attached hydrogen (secondary N) is 1. The average molecular weight is 431 g/mol. The van der Waals surface area contributed by atoms with Gasteiger partial charge in [-0.3, -0.25) is 5.32 Å². The van der Waals surface area contributed by atoms with Gasteiger partial charge in [0.1, 0.15) is 6.04 Å². The van der Waals surface area contributed by atoms with Gasteiger partial charge in [0.2, 0.25) is 0 Å². The van der Waals surface area contributed by atoms with Crippen LogP contribution < -0.4 is 10.2 Å². The Balaban J connectivity index is 1.50. The van der Waals surface area contributed by atoms with Crippen LogP contribution in [0, 0.1) is 0 Å². The molecule has 1 amide bonds. The van der Waals surface area contributed by atoms with E-state index in [4.69, 9.17) is 4.74 Å². The highest BCUT2D eigenvalue weighted by atomic mass is 16.6. The molecule has 2 N–H and O–H groups in total. The fraction of sp³-hybridized carbons (Fsp3) is 0.231. The van der Waals surface area contributed by atoms with Crippen molar-refractivity contribution in [2.75, 3.05) is 10.2 Å². The van der Waals surface area contributed by atoms with Crippen LogP contribution in [0.25, 0.3) is 11.1 Å². The first-order valence-corrected chi connectivity index (χ1v) is 10.6.